The molecule has 0 radical (unpaired) electrons. The van der Waals surface area contributed by atoms with E-state index in [1.807, 2.05) is 18.2 Å². The second-order valence-electron chi connectivity index (χ2n) is 3.51. The molecule has 0 saturated carbocycles. The van der Waals surface area contributed by atoms with Gasteiger partial charge in [-0.25, -0.2) is 0 Å². The van der Waals surface area contributed by atoms with Crippen LogP contribution in [0.25, 0.3) is 0 Å². The lowest BCUT2D eigenvalue weighted by Gasteiger charge is -2.14. The van der Waals surface area contributed by atoms with Crippen LogP contribution in [0.2, 0.25) is 0 Å². The smallest absolute Gasteiger partial charge is 0.161 e. The third-order valence-electron chi connectivity index (χ3n) is 2.44. The van der Waals surface area contributed by atoms with Crippen LogP contribution in [0.5, 0.6) is 11.5 Å². The van der Waals surface area contributed by atoms with Crippen LogP contribution in [0.4, 0.5) is 0 Å². The minimum Gasteiger partial charge on any atom is -0.493 e. The third kappa shape index (κ3) is 3.58. The highest BCUT2D eigenvalue weighted by molar-refractivity contribution is 5.85. The highest BCUT2D eigenvalue weighted by Gasteiger charge is 2.09. The van der Waals surface area contributed by atoms with E-state index in [1.165, 1.54) is 0 Å². The van der Waals surface area contributed by atoms with Gasteiger partial charge in [-0.15, -0.1) is 12.4 Å². The zero-order valence-electron chi connectivity index (χ0n) is 10.0. The zero-order valence-corrected chi connectivity index (χ0v) is 10.8. The van der Waals surface area contributed by atoms with E-state index >= 15 is 0 Å². The number of hydrogen-bond acceptors (Lipinski definition) is 3. The van der Waals surface area contributed by atoms with Gasteiger partial charge in [0.2, 0.25) is 0 Å². The fraction of sp³-hybridized carbons (Fsp3) is 0.500. The Balaban J connectivity index is 0.00000225. The number of rotatable bonds is 5. The molecule has 0 spiro atoms. The van der Waals surface area contributed by atoms with Crippen molar-refractivity contribution in [1.29, 1.82) is 0 Å². The lowest BCUT2D eigenvalue weighted by molar-refractivity contribution is 0.354. The molecule has 0 aliphatic heterocycles. The first kappa shape index (κ1) is 15.1. The molecule has 0 bridgehead atoms. The molecule has 1 aromatic rings. The van der Waals surface area contributed by atoms with Crippen LogP contribution in [0.1, 0.15) is 31.4 Å². The van der Waals surface area contributed by atoms with Gasteiger partial charge < -0.3 is 15.2 Å². The molecule has 0 saturated heterocycles. The van der Waals surface area contributed by atoms with Crippen molar-refractivity contribution in [3.8, 4) is 11.5 Å². The van der Waals surface area contributed by atoms with Crippen LogP contribution < -0.4 is 15.2 Å². The van der Waals surface area contributed by atoms with Crippen LogP contribution in [0, 0.1) is 0 Å². The van der Waals surface area contributed by atoms with Crippen molar-refractivity contribution >= 4 is 12.4 Å². The standard InChI is InChI=1S/C12H19NO2.ClH/c1-4-5-10(13)9-6-7-11(14-2)12(8-9)15-3;/h6-8,10H,4-5,13H2,1-3H3;1H. The molecule has 0 heterocycles. The van der Waals surface area contributed by atoms with Crippen molar-refractivity contribution in [2.45, 2.75) is 25.8 Å². The normalized spacial score (nSPS) is 11.5. The molecule has 1 aromatic carbocycles. The molecule has 0 aliphatic rings. The largest absolute Gasteiger partial charge is 0.493 e. The molecule has 3 nitrogen and oxygen atoms in total. The Bertz CT molecular complexity index is 318. The van der Waals surface area contributed by atoms with Gasteiger partial charge in [0, 0.05) is 6.04 Å². The van der Waals surface area contributed by atoms with Gasteiger partial charge in [0.05, 0.1) is 14.2 Å². The summed E-state index contributed by atoms with van der Waals surface area (Å²) in [6, 6.07) is 5.90. The second kappa shape index (κ2) is 7.36. The second-order valence-corrected chi connectivity index (χ2v) is 3.51. The van der Waals surface area contributed by atoms with Gasteiger partial charge in [0.15, 0.2) is 11.5 Å². The Morgan fingerprint density at radius 3 is 2.31 bits per heavy atom. The fourth-order valence-electron chi connectivity index (χ4n) is 1.56. The van der Waals surface area contributed by atoms with E-state index in [0.29, 0.717) is 0 Å². The van der Waals surface area contributed by atoms with Crippen molar-refractivity contribution in [2.75, 3.05) is 14.2 Å². The van der Waals surface area contributed by atoms with E-state index in [9.17, 15) is 0 Å². The maximum Gasteiger partial charge on any atom is 0.161 e. The van der Waals surface area contributed by atoms with E-state index in [1.54, 1.807) is 14.2 Å². The average molecular weight is 246 g/mol. The molecule has 1 unspecified atom stereocenters. The van der Waals surface area contributed by atoms with Crippen LogP contribution in [0.3, 0.4) is 0 Å². The van der Waals surface area contributed by atoms with Gasteiger partial charge in [-0.3, -0.25) is 0 Å². The van der Waals surface area contributed by atoms with Gasteiger partial charge in [0.1, 0.15) is 0 Å². The lowest BCUT2D eigenvalue weighted by atomic mass is 10.0. The van der Waals surface area contributed by atoms with Gasteiger partial charge >= 0.3 is 0 Å². The molecule has 16 heavy (non-hydrogen) atoms. The lowest BCUT2D eigenvalue weighted by Crippen LogP contribution is -2.09. The van der Waals surface area contributed by atoms with E-state index in [2.05, 4.69) is 6.92 Å². The monoisotopic (exact) mass is 245 g/mol. The summed E-state index contributed by atoms with van der Waals surface area (Å²) in [6.45, 7) is 2.13. The van der Waals surface area contributed by atoms with E-state index in [-0.39, 0.29) is 18.4 Å². The molecule has 4 heteroatoms. The Morgan fingerprint density at radius 1 is 1.19 bits per heavy atom. The Hall–Kier alpha value is -0.930. The van der Waals surface area contributed by atoms with Crippen molar-refractivity contribution in [1.82, 2.24) is 0 Å². The molecule has 0 amide bonds. The van der Waals surface area contributed by atoms with E-state index in [4.69, 9.17) is 15.2 Å². The number of nitrogens with two attached hydrogens (primary N) is 1. The maximum absolute atomic E-state index is 6.02. The summed E-state index contributed by atoms with van der Waals surface area (Å²) >= 11 is 0. The van der Waals surface area contributed by atoms with E-state index < -0.39 is 0 Å². The molecule has 1 atom stereocenters. The summed E-state index contributed by atoms with van der Waals surface area (Å²) in [5, 5.41) is 0. The minimum absolute atomic E-state index is 0. The highest BCUT2D eigenvalue weighted by atomic mass is 35.5. The molecular weight excluding hydrogens is 226 g/mol. The van der Waals surface area contributed by atoms with Crippen LogP contribution >= 0.6 is 12.4 Å². The topological polar surface area (TPSA) is 44.5 Å². The maximum atomic E-state index is 6.02. The van der Waals surface area contributed by atoms with E-state index in [0.717, 1.165) is 29.9 Å². The summed E-state index contributed by atoms with van der Waals surface area (Å²) in [5.41, 5.74) is 7.12. The van der Waals surface area contributed by atoms with Gasteiger partial charge in [-0.2, -0.15) is 0 Å². The summed E-state index contributed by atoms with van der Waals surface area (Å²) in [4.78, 5) is 0. The van der Waals surface area contributed by atoms with Crippen LogP contribution in [-0.4, -0.2) is 14.2 Å². The van der Waals surface area contributed by atoms with Crippen molar-refractivity contribution < 1.29 is 9.47 Å². The average Bonchev–Trinajstić information content (AvgIpc) is 2.28. The first-order valence-electron chi connectivity index (χ1n) is 5.20. The quantitative estimate of drug-likeness (QED) is 0.868. The summed E-state index contributed by atoms with van der Waals surface area (Å²) in [5.74, 6) is 1.48. The summed E-state index contributed by atoms with van der Waals surface area (Å²) in [7, 11) is 3.26. The number of halogens is 1. The Morgan fingerprint density at radius 2 is 1.81 bits per heavy atom. The molecule has 2 N–H and O–H groups in total. The Kier molecular flexibility index (Phi) is 6.93. The molecule has 92 valence electrons. The van der Waals surface area contributed by atoms with Crippen LogP contribution in [0.15, 0.2) is 18.2 Å². The number of benzene rings is 1. The zero-order chi connectivity index (χ0) is 11.3. The fourth-order valence-corrected chi connectivity index (χ4v) is 1.56. The first-order chi connectivity index (χ1) is 7.22. The number of hydrogen-bond donors (Lipinski definition) is 1. The Labute approximate surface area is 103 Å². The van der Waals surface area contributed by atoms with Crippen molar-refractivity contribution in [2.24, 2.45) is 5.73 Å². The van der Waals surface area contributed by atoms with Crippen molar-refractivity contribution in [3.05, 3.63) is 23.8 Å². The predicted octanol–water partition coefficient (Wildman–Crippen LogP) is 2.93. The summed E-state index contributed by atoms with van der Waals surface area (Å²) in [6.07, 6.45) is 2.06. The number of methoxy groups -OCH3 is 2. The third-order valence-corrected chi connectivity index (χ3v) is 2.44. The van der Waals surface area contributed by atoms with Gasteiger partial charge in [-0.1, -0.05) is 19.4 Å². The SMILES string of the molecule is CCCC(N)c1ccc(OC)c(OC)c1.Cl. The van der Waals surface area contributed by atoms with Gasteiger partial charge in [-0.05, 0) is 24.1 Å². The number of ether oxygens (including phenoxy) is 2. The van der Waals surface area contributed by atoms with Gasteiger partial charge in [0.25, 0.3) is 0 Å². The predicted molar refractivity (Wildman–Crippen MR) is 68.6 cm³/mol. The molecular formula is C12H20ClNO2. The minimum atomic E-state index is 0. The first-order valence-corrected chi connectivity index (χ1v) is 5.20. The molecule has 1 rings (SSSR count). The molecule has 0 fully saturated rings. The van der Waals surface area contributed by atoms with Crippen molar-refractivity contribution in [3.63, 3.8) is 0 Å². The highest BCUT2D eigenvalue weighted by Crippen LogP contribution is 2.30. The molecule has 0 aliphatic carbocycles. The van der Waals surface area contributed by atoms with Crippen LogP contribution in [-0.2, 0) is 0 Å². The summed E-state index contributed by atoms with van der Waals surface area (Å²) < 4.78 is 10.4. The molecule has 0 aromatic heterocycles.